The van der Waals surface area contributed by atoms with Gasteiger partial charge in [0.15, 0.2) is 5.96 Å². The van der Waals surface area contributed by atoms with Crippen LogP contribution >= 0.6 is 0 Å². The zero-order valence-corrected chi connectivity index (χ0v) is 20.3. The summed E-state index contributed by atoms with van der Waals surface area (Å²) < 4.78 is 0. The molecule has 1 aromatic rings. The molecular formula is C21H34N10O6. The fourth-order valence-corrected chi connectivity index (χ4v) is 3.92. The topological polar surface area (TPSA) is 278 Å². The molecular weight excluding hydrogens is 488 g/mol. The van der Waals surface area contributed by atoms with Crippen LogP contribution in [0.1, 0.15) is 37.8 Å². The largest absolute Gasteiger partial charge is 0.480 e. The number of amides is 4. The third-order valence-corrected chi connectivity index (χ3v) is 5.76. The molecule has 0 saturated carbocycles. The number of primary amides is 1. The fourth-order valence-electron chi connectivity index (χ4n) is 3.92. The van der Waals surface area contributed by atoms with Crippen LogP contribution in [0.5, 0.6) is 0 Å². The number of H-pyrrole nitrogens is 1. The number of carbonyl (C=O) groups excluding carboxylic acids is 4. The van der Waals surface area contributed by atoms with Crippen molar-refractivity contribution in [2.75, 3.05) is 13.1 Å². The monoisotopic (exact) mass is 522 g/mol. The van der Waals surface area contributed by atoms with E-state index in [9.17, 15) is 29.1 Å². The fraction of sp³-hybridized carbons (Fsp3) is 0.571. The van der Waals surface area contributed by atoms with Crippen LogP contribution in [-0.2, 0) is 30.4 Å². The summed E-state index contributed by atoms with van der Waals surface area (Å²) in [7, 11) is 0. The summed E-state index contributed by atoms with van der Waals surface area (Å²) in [5.41, 5.74) is 22.1. The minimum Gasteiger partial charge on any atom is -0.480 e. The van der Waals surface area contributed by atoms with Crippen molar-refractivity contribution in [3.8, 4) is 0 Å². The van der Waals surface area contributed by atoms with Gasteiger partial charge in [-0.25, -0.2) is 9.78 Å². The first-order chi connectivity index (χ1) is 17.5. The van der Waals surface area contributed by atoms with E-state index in [1.54, 1.807) is 0 Å². The highest BCUT2D eigenvalue weighted by atomic mass is 16.4. The molecule has 0 aromatic carbocycles. The molecule has 2 rings (SSSR count). The van der Waals surface area contributed by atoms with E-state index in [2.05, 4.69) is 25.6 Å². The van der Waals surface area contributed by atoms with Gasteiger partial charge in [0, 0.05) is 31.4 Å². The Hall–Kier alpha value is -4.21. The van der Waals surface area contributed by atoms with Crippen LogP contribution in [0.4, 0.5) is 0 Å². The molecule has 0 radical (unpaired) electrons. The highest BCUT2D eigenvalue weighted by Gasteiger charge is 2.38. The number of aliphatic carboxylic acids is 1. The van der Waals surface area contributed by atoms with Crippen LogP contribution in [0.3, 0.4) is 0 Å². The number of likely N-dealkylation sites (tertiary alicyclic amines) is 1. The number of imidazole rings is 1. The van der Waals surface area contributed by atoms with Crippen molar-refractivity contribution in [1.82, 2.24) is 25.5 Å². The van der Waals surface area contributed by atoms with E-state index >= 15 is 0 Å². The van der Waals surface area contributed by atoms with Gasteiger partial charge < -0.3 is 48.6 Å². The lowest BCUT2D eigenvalue weighted by Gasteiger charge is -2.28. The summed E-state index contributed by atoms with van der Waals surface area (Å²) in [6.45, 7) is 0.459. The lowest BCUT2D eigenvalue weighted by Crippen LogP contribution is -2.58. The SMILES string of the molecule is NC(=O)CC(NC(=O)C(N)CCCN=C(N)N)C(=O)NC(Cc1cnc[nH]1)C(=O)N1CCCC1C(=O)O. The second kappa shape index (κ2) is 13.8. The van der Waals surface area contributed by atoms with Crippen molar-refractivity contribution < 1.29 is 29.1 Å². The maximum absolute atomic E-state index is 13.3. The summed E-state index contributed by atoms with van der Waals surface area (Å²) in [4.78, 5) is 73.9. The van der Waals surface area contributed by atoms with Crippen LogP contribution in [0.15, 0.2) is 17.5 Å². The average Bonchev–Trinajstić information content (AvgIpc) is 3.52. The van der Waals surface area contributed by atoms with Crippen LogP contribution in [0.2, 0.25) is 0 Å². The molecule has 4 atom stereocenters. The number of carboxylic acid groups (broad SMARTS) is 1. The number of aromatic amines is 1. The Balaban J connectivity index is 2.13. The van der Waals surface area contributed by atoms with E-state index in [0.717, 1.165) is 0 Å². The standard InChI is InChI=1S/C21H34N10O6/c22-12(3-1-5-27-21(24)25)17(33)29-13(8-16(23)32)18(34)30-14(7-11-9-26-10-28-11)19(35)31-6-2-4-15(31)20(36)37/h9-10,12-15H,1-8,22H2,(H2,23,32)(H,26,28)(H,29,33)(H,30,34)(H,36,37)(H4,24,25,27). The second-order valence-corrected chi connectivity index (χ2v) is 8.66. The van der Waals surface area contributed by atoms with Gasteiger partial charge in [-0.05, 0) is 25.7 Å². The first-order valence-electron chi connectivity index (χ1n) is 11.7. The van der Waals surface area contributed by atoms with E-state index in [-0.39, 0.29) is 38.3 Å². The van der Waals surface area contributed by atoms with Gasteiger partial charge in [0.25, 0.3) is 0 Å². The first-order valence-corrected chi connectivity index (χ1v) is 11.7. The minimum absolute atomic E-state index is 0.0328. The number of nitrogens with zero attached hydrogens (tertiary/aromatic N) is 3. The summed E-state index contributed by atoms with van der Waals surface area (Å²) in [5.74, 6) is -4.31. The van der Waals surface area contributed by atoms with Gasteiger partial charge in [-0.15, -0.1) is 0 Å². The van der Waals surface area contributed by atoms with Crippen LogP contribution in [0.25, 0.3) is 0 Å². The van der Waals surface area contributed by atoms with Gasteiger partial charge in [-0.3, -0.25) is 24.2 Å². The zero-order chi connectivity index (χ0) is 27.5. The Bertz CT molecular complexity index is 994. The van der Waals surface area contributed by atoms with Crippen molar-refractivity contribution in [3.63, 3.8) is 0 Å². The number of hydrogen-bond acceptors (Lipinski definition) is 8. The summed E-state index contributed by atoms with van der Waals surface area (Å²) in [5, 5.41) is 14.4. The molecule has 1 saturated heterocycles. The van der Waals surface area contributed by atoms with Gasteiger partial charge in [0.05, 0.1) is 18.8 Å². The maximum Gasteiger partial charge on any atom is 0.326 e. The molecule has 0 aliphatic carbocycles. The number of guanidine groups is 1. The Morgan fingerprint density at radius 3 is 2.46 bits per heavy atom. The van der Waals surface area contributed by atoms with Gasteiger partial charge in [-0.1, -0.05) is 0 Å². The molecule has 4 amide bonds. The van der Waals surface area contributed by atoms with Crippen molar-refractivity contribution in [2.45, 2.75) is 62.7 Å². The number of rotatable bonds is 14. The Morgan fingerprint density at radius 1 is 1.16 bits per heavy atom. The summed E-state index contributed by atoms with van der Waals surface area (Å²) in [6, 6.07) is -4.67. The van der Waals surface area contributed by atoms with Crippen molar-refractivity contribution in [1.29, 1.82) is 0 Å². The lowest BCUT2D eigenvalue weighted by molar-refractivity contribution is -0.149. The molecule has 1 aliphatic heterocycles. The maximum atomic E-state index is 13.3. The number of aliphatic imine (C=N–C) groups is 1. The molecule has 0 bridgehead atoms. The van der Waals surface area contributed by atoms with E-state index in [4.69, 9.17) is 22.9 Å². The third-order valence-electron chi connectivity index (χ3n) is 5.76. The molecule has 16 heteroatoms. The number of carboxylic acids is 1. The van der Waals surface area contributed by atoms with Crippen LogP contribution in [0, 0.1) is 0 Å². The molecule has 204 valence electrons. The predicted octanol–water partition coefficient (Wildman–Crippen LogP) is -3.75. The van der Waals surface area contributed by atoms with E-state index in [1.807, 2.05) is 0 Å². The number of nitrogens with two attached hydrogens (primary N) is 4. The van der Waals surface area contributed by atoms with Gasteiger partial charge >= 0.3 is 5.97 Å². The number of carbonyl (C=O) groups is 5. The average molecular weight is 523 g/mol. The minimum atomic E-state index is -1.42. The van der Waals surface area contributed by atoms with E-state index in [1.165, 1.54) is 17.4 Å². The molecule has 0 spiro atoms. The normalized spacial score (nSPS) is 17.3. The quantitative estimate of drug-likeness (QED) is 0.0671. The van der Waals surface area contributed by atoms with Gasteiger partial charge in [0.2, 0.25) is 23.6 Å². The Morgan fingerprint density at radius 2 is 1.86 bits per heavy atom. The summed E-state index contributed by atoms with van der Waals surface area (Å²) in [6.07, 6.45) is 3.62. The Kier molecular flexibility index (Phi) is 10.8. The van der Waals surface area contributed by atoms with Gasteiger partial charge in [-0.2, -0.15) is 0 Å². The molecule has 2 heterocycles. The van der Waals surface area contributed by atoms with E-state index in [0.29, 0.717) is 18.5 Å². The smallest absolute Gasteiger partial charge is 0.326 e. The van der Waals surface area contributed by atoms with Crippen LogP contribution < -0.4 is 33.6 Å². The molecule has 1 fully saturated rings. The zero-order valence-electron chi connectivity index (χ0n) is 20.3. The van der Waals surface area contributed by atoms with E-state index < -0.39 is 60.2 Å². The number of hydrogen-bond donors (Lipinski definition) is 8. The molecule has 4 unspecified atom stereocenters. The molecule has 1 aliphatic rings. The van der Waals surface area contributed by atoms with Gasteiger partial charge in [0.1, 0.15) is 18.1 Å². The highest BCUT2D eigenvalue weighted by Crippen LogP contribution is 2.19. The summed E-state index contributed by atoms with van der Waals surface area (Å²) >= 11 is 0. The lowest BCUT2D eigenvalue weighted by atomic mass is 10.1. The van der Waals surface area contributed by atoms with Crippen molar-refractivity contribution >= 4 is 35.6 Å². The van der Waals surface area contributed by atoms with Crippen LogP contribution in [-0.4, -0.2) is 92.8 Å². The second-order valence-electron chi connectivity index (χ2n) is 8.66. The predicted molar refractivity (Wildman–Crippen MR) is 130 cm³/mol. The highest BCUT2D eigenvalue weighted by molar-refractivity contribution is 5.96. The third kappa shape index (κ3) is 9.06. The number of aromatic nitrogens is 2. The molecule has 12 N–H and O–H groups in total. The van der Waals surface area contributed by atoms with Crippen molar-refractivity contribution in [2.24, 2.45) is 27.9 Å². The molecule has 1 aromatic heterocycles. The molecule has 37 heavy (non-hydrogen) atoms. The molecule has 16 nitrogen and oxygen atoms in total. The first kappa shape index (κ1) is 29.0. The Labute approximate surface area is 212 Å². The van der Waals surface area contributed by atoms with Crippen molar-refractivity contribution in [3.05, 3.63) is 18.2 Å². The number of nitrogens with one attached hydrogen (secondary N) is 3.